The standard InChI is InChI=1S/C15H20N2O4S/c18-14(10-5-6-11(21-10)15(19)20)16-8-7-13-17-9-3-1-2-4-12(9)22-13/h10-11H,1-8H2,(H,16,18)(H,19,20)/t10-,11+/m0/s1. The number of hydrogen-bond donors (Lipinski definition) is 2. The summed E-state index contributed by atoms with van der Waals surface area (Å²) >= 11 is 1.75. The fourth-order valence-electron chi connectivity index (χ4n) is 2.93. The van der Waals surface area contributed by atoms with Crippen molar-refractivity contribution in [2.45, 2.75) is 57.2 Å². The molecule has 22 heavy (non-hydrogen) atoms. The molecule has 0 aromatic carbocycles. The molecule has 2 aliphatic rings. The predicted molar refractivity (Wildman–Crippen MR) is 81.0 cm³/mol. The molecule has 7 heteroatoms. The summed E-state index contributed by atoms with van der Waals surface area (Å²) < 4.78 is 5.23. The number of carbonyl (C=O) groups is 2. The van der Waals surface area contributed by atoms with Gasteiger partial charge in [0.2, 0.25) is 5.91 Å². The number of amides is 1. The Morgan fingerprint density at radius 2 is 2.05 bits per heavy atom. The molecule has 0 bridgehead atoms. The third-order valence-electron chi connectivity index (χ3n) is 4.12. The average molecular weight is 324 g/mol. The van der Waals surface area contributed by atoms with E-state index in [4.69, 9.17) is 9.84 Å². The molecule has 2 N–H and O–H groups in total. The van der Waals surface area contributed by atoms with Crippen LogP contribution in [0.4, 0.5) is 0 Å². The highest BCUT2D eigenvalue weighted by molar-refractivity contribution is 7.11. The van der Waals surface area contributed by atoms with Gasteiger partial charge in [-0.1, -0.05) is 0 Å². The Hall–Kier alpha value is -1.47. The lowest BCUT2D eigenvalue weighted by atomic mass is 10.0. The SMILES string of the molecule is O=C(NCCc1nc2c(s1)CCCC2)[C@@H]1CC[C@H](C(=O)O)O1. The van der Waals surface area contributed by atoms with Crippen LogP contribution in [0.3, 0.4) is 0 Å². The van der Waals surface area contributed by atoms with Crippen LogP contribution in [0.1, 0.15) is 41.3 Å². The molecule has 1 aliphatic carbocycles. The zero-order valence-electron chi connectivity index (χ0n) is 12.3. The fourth-order valence-corrected chi connectivity index (χ4v) is 4.09. The van der Waals surface area contributed by atoms with E-state index in [0.717, 1.165) is 24.3 Å². The van der Waals surface area contributed by atoms with Crippen molar-refractivity contribution in [2.24, 2.45) is 0 Å². The molecule has 0 radical (unpaired) electrons. The number of thiazole rings is 1. The number of ether oxygens (including phenoxy) is 1. The number of aliphatic carboxylic acids is 1. The smallest absolute Gasteiger partial charge is 0.332 e. The number of hydrogen-bond acceptors (Lipinski definition) is 5. The van der Waals surface area contributed by atoms with E-state index in [2.05, 4.69) is 10.3 Å². The Kier molecular flexibility index (Phi) is 4.73. The Bertz CT molecular complexity index is 548. The Morgan fingerprint density at radius 1 is 1.27 bits per heavy atom. The summed E-state index contributed by atoms with van der Waals surface area (Å²) in [5.74, 6) is -1.21. The van der Waals surface area contributed by atoms with E-state index in [9.17, 15) is 9.59 Å². The van der Waals surface area contributed by atoms with Crippen molar-refractivity contribution in [1.29, 1.82) is 0 Å². The van der Waals surface area contributed by atoms with Gasteiger partial charge in [0.1, 0.15) is 6.10 Å². The monoisotopic (exact) mass is 324 g/mol. The molecule has 3 rings (SSSR count). The molecule has 0 spiro atoms. The number of rotatable bonds is 5. The van der Waals surface area contributed by atoms with Crippen LogP contribution in [-0.4, -0.2) is 40.7 Å². The van der Waals surface area contributed by atoms with Crippen molar-refractivity contribution in [3.05, 3.63) is 15.6 Å². The third-order valence-corrected chi connectivity index (χ3v) is 5.33. The quantitative estimate of drug-likeness (QED) is 0.852. The molecule has 1 amide bonds. The predicted octanol–water partition coefficient (Wildman–Crippen LogP) is 1.31. The van der Waals surface area contributed by atoms with E-state index in [1.807, 2.05) is 0 Å². The van der Waals surface area contributed by atoms with Gasteiger partial charge in [-0.15, -0.1) is 11.3 Å². The molecule has 2 heterocycles. The third kappa shape index (κ3) is 3.47. The summed E-state index contributed by atoms with van der Waals surface area (Å²) in [7, 11) is 0. The topological polar surface area (TPSA) is 88.5 Å². The van der Waals surface area contributed by atoms with Crippen LogP contribution in [0.2, 0.25) is 0 Å². The number of carboxylic acid groups (broad SMARTS) is 1. The van der Waals surface area contributed by atoms with E-state index >= 15 is 0 Å². The Labute approximate surface area is 132 Å². The lowest BCUT2D eigenvalue weighted by molar-refractivity contribution is -0.151. The van der Waals surface area contributed by atoms with Crippen LogP contribution >= 0.6 is 11.3 Å². The first-order valence-electron chi connectivity index (χ1n) is 7.77. The van der Waals surface area contributed by atoms with Gasteiger partial charge < -0.3 is 15.2 Å². The van der Waals surface area contributed by atoms with Crippen LogP contribution in [-0.2, 0) is 33.6 Å². The number of nitrogens with one attached hydrogen (secondary N) is 1. The molecule has 6 nitrogen and oxygen atoms in total. The van der Waals surface area contributed by atoms with Crippen molar-refractivity contribution in [2.75, 3.05) is 6.54 Å². The van der Waals surface area contributed by atoms with Gasteiger partial charge in [0.25, 0.3) is 0 Å². The number of carbonyl (C=O) groups excluding carboxylic acids is 1. The van der Waals surface area contributed by atoms with E-state index in [0.29, 0.717) is 19.4 Å². The van der Waals surface area contributed by atoms with Crippen molar-refractivity contribution >= 4 is 23.2 Å². The number of aryl methyl sites for hydroxylation is 2. The molecule has 0 unspecified atom stereocenters. The van der Waals surface area contributed by atoms with Gasteiger partial charge in [-0.05, 0) is 38.5 Å². The zero-order valence-corrected chi connectivity index (χ0v) is 13.2. The number of fused-ring (bicyclic) bond motifs is 1. The van der Waals surface area contributed by atoms with Crippen LogP contribution in [0.5, 0.6) is 0 Å². The lowest BCUT2D eigenvalue weighted by Gasteiger charge is -2.11. The van der Waals surface area contributed by atoms with Crippen molar-refractivity contribution < 1.29 is 19.4 Å². The van der Waals surface area contributed by atoms with Gasteiger partial charge in [-0.25, -0.2) is 9.78 Å². The van der Waals surface area contributed by atoms with Crippen LogP contribution in [0, 0.1) is 0 Å². The molecule has 1 aliphatic heterocycles. The van der Waals surface area contributed by atoms with Gasteiger partial charge >= 0.3 is 5.97 Å². The van der Waals surface area contributed by atoms with E-state index in [-0.39, 0.29) is 5.91 Å². The molecule has 2 atom stereocenters. The maximum atomic E-state index is 12.0. The minimum Gasteiger partial charge on any atom is -0.479 e. The maximum Gasteiger partial charge on any atom is 0.332 e. The van der Waals surface area contributed by atoms with Gasteiger partial charge in [0, 0.05) is 17.8 Å². The van der Waals surface area contributed by atoms with Crippen molar-refractivity contribution in [3.63, 3.8) is 0 Å². The van der Waals surface area contributed by atoms with Gasteiger partial charge in [0.05, 0.1) is 10.7 Å². The summed E-state index contributed by atoms with van der Waals surface area (Å²) in [4.78, 5) is 28.8. The summed E-state index contributed by atoms with van der Waals surface area (Å²) in [5, 5.41) is 12.7. The molecular weight excluding hydrogens is 304 g/mol. The number of nitrogens with zero attached hydrogens (tertiary/aromatic N) is 1. The molecular formula is C15H20N2O4S. The summed E-state index contributed by atoms with van der Waals surface area (Å²) in [6.45, 7) is 0.517. The summed E-state index contributed by atoms with van der Waals surface area (Å²) in [6.07, 6.45) is 4.77. The summed E-state index contributed by atoms with van der Waals surface area (Å²) in [6, 6.07) is 0. The van der Waals surface area contributed by atoms with Gasteiger partial charge in [-0.2, -0.15) is 0 Å². The maximum absolute atomic E-state index is 12.0. The molecule has 0 saturated carbocycles. The Morgan fingerprint density at radius 3 is 2.77 bits per heavy atom. The van der Waals surface area contributed by atoms with Crippen molar-refractivity contribution in [1.82, 2.24) is 10.3 Å². The normalized spacial score (nSPS) is 24.0. The zero-order chi connectivity index (χ0) is 15.5. The van der Waals surface area contributed by atoms with Crippen LogP contribution < -0.4 is 5.32 Å². The first-order chi connectivity index (χ1) is 10.6. The molecule has 1 aromatic rings. The van der Waals surface area contributed by atoms with Gasteiger partial charge in [0.15, 0.2) is 6.10 Å². The highest BCUT2D eigenvalue weighted by atomic mass is 32.1. The van der Waals surface area contributed by atoms with E-state index < -0.39 is 18.2 Å². The highest BCUT2D eigenvalue weighted by Gasteiger charge is 2.34. The van der Waals surface area contributed by atoms with E-state index in [1.165, 1.54) is 23.4 Å². The lowest BCUT2D eigenvalue weighted by Crippen LogP contribution is -2.36. The largest absolute Gasteiger partial charge is 0.479 e. The average Bonchev–Trinajstić information content (AvgIpc) is 3.13. The van der Waals surface area contributed by atoms with Crippen LogP contribution in [0.15, 0.2) is 0 Å². The summed E-state index contributed by atoms with van der Waals surface area (Å²) in [5.41, 5.74) is 1.24. The Balaban J connectivity index is 1.44. The van der Waals surface area contributed by atoms with Crippen molar-refractivity contribution in [3.8, 4) is 0 Å². The number of carboxylic acids is 1. The fraction of sp³-hybridized carbons (Fsp3) is 0.667. The first kappa shape index (κ1) is 15.4. The number of aromatic nitrogens is 1. The van der Waals surface area contributed by atoms with Gasteiger partial charge in [-0.3, -0.25) is 4.79 Å². The second kappa shape index (κ2) is 6.75. The second-order valence-corrected chi connectivity index (χ2v) is 6.92. The molecule has 1 saturated heterocycles. The van der Waals surface area contributed by atoms with Crippen LogP contribution in [0.25, 0.3) is 0 Å². The minimum absolute atomic E-state index is 0.218. The highest BCUT2D eigenvalue weighted by Crippen LogP contribution is 2.26. The molecule has 120 valence electrons. The molecule has 1 fully saturated rings. The molecule has 1 aromatic heterocycles. The minimum atomic E-state index is -0.997. The first-order valence-corrected chi connectivity index (χ1v) is 8.58. The second-order valence-electron chi connectivity index (χ2n) is 5.75. The van der Waals surface area contributed by atoms with E-state index in [1.54, 1.807) is 11.3 Å².